The maximum Gasteiger partial charge on any atom is 0.326 e. The second kappa shape index (κ2) is 12.0. The van der Waals surface area contributed by atoms with Gasteiger partial charge in [0.15, 0.2) is 0 Å². The van der Waals surface area contributed by atoms with Crippen LogP contribution in [-0.4, -0.2) is 112 Å². The molecule has 14 nitrogen and oxygen atoms in total. The van der Waals surface area contributed by atoms with E-state index in [2.05, 4.69) is 16.0 Å². The molecule has 4 atom stereocenters. The summed E-state index contributed by atoms with van der Waals surface area (Å²) in [6.07, 6.45) is 0.818. The number of rotatable bonds is 11. The van der Waals surface area contributed by atoms with Crippen molar-refractivity contribution in [2.24, 2.45) is 5.73 Å². The summed E-state index contributed by atoms with van der Waals surface area (Å²) in [4.78, 5) is 60.3. The molecule has 0 aromatic carbocycles. The van der Waals surface area contributed by atoms with Crippen LogP contribution in [0.5, 0.6) is 0 Å². The molecule has 170 valence electrons. The molecule has 1 fully saturated rings. The monoisotopic (exact) mass is 433 g/mol. The lowest BCUT2D eigenvalue weighted by Crippen LogP contribution is -2.58. The van der Waals surface area contributed by atoms with Crippen LogP contribution in [0.3, 0.4) is 0 Å². The van der Waals surface area contributed by atoms with E-state index in [0.717, 1.165) is 4.90 Å². The van der Waals surface area contributed by atoms with Crippen molar-refractivity contribution in [1.29, 1.82) is 0 Å². The Morgan fingerprint density at radius 1 is 0.933 bits per heavy atom. The van der Waals surface area contributed by atoms with Crippen molar-refractivity contribution in [3.63, 3.8) is 0 Å². The van der Waals surface area contributed by atoms with E-state index in [1.54, 1.807) is 0 Å². The third-order valence-electron chi connectivity index (χ3n) is 4.44. The number of aliphatic hydroxyl groups is 3. The summed E-state index contributed by atoms with van der Waals surface area (Å²) in [7, 11) is 0. The van der Waals surface area contributed by atoms with Gasteiger partial charge in [0, 0.05) is 6.54 Å². The minimum absolute atomic E-state index is 0.236. The molecule has 0 saturated carbocycles. The van der Waals surface area contributed by atoms with E-state index in [1.807, 2.05) is 0 Å². The Morgan fingerprint density at radius 2 is 1.50 bits per heavy atom. The number of hydrogen-bond acceptors (Lipinski definition) is 9. The van der Waals surface area contributed by atoms with Crippen LogP contribution in [0, 0.1) is 0 Å². The molecular weight excluding hydrogens is 406 g/mol. The van der Waals surface area contributed by atoms with Gasteiger partial charge in [-0.15, -0.1) is 0 Å². The average Bonchev–Trinajstić information content (AvgIpc) is 3.23. The summed E-state index contributed by atoms with van der Waals surface area (Å²) in [6, 6.07) is -5.30. The summed E-state index contributed by atoms with van der Waals surface area (Å²) < 4.78 is 0. The van der Waals surface area contributed by atoms with Crippen LogP contribution >= 0.6 is 0 Å². The highest BCUT2D eigenvalue weighted by atomic mass is 16.4. The van der Waals surface area contributed by atoms with Crippen LogP contribution in [0.1, 0.15) is 12.8 Å². The fraction of sp³-hybridized carbons (Fsp3) is 0.688. The molecule has 0 spiro atoms. The Morgan fingerprint density at radius 3 is 2.03 bits per heavy atom. The Balaban J connectivity index is 2.60. The van der Waals surface area contributed by atoms with E-state index in [1.165, 1.54) is 0 Å². The maximum atomic E-state index is 12.2. The fourth-order valence-corrected chi connectivity index (χ4v) is 2.73. The summed E-state index contributed by atoms with van der Waals surface area (Å²) >= 11 is 0. The molecular formula is C16H27N5O9. The van der Waals surface area contributed by atoms with Crippen molar-refractivity contribution in [2.45, 2.75) is 37.0 Å². The summed E-state index contributed by atoms with van der Waals surface area (Å²) in [6.45, 7) is -2.70. The smallest absolute Gasteiger partial charge is 0.326 e. The number of nitrogens with zero attached hydrogens (tertiary/aromatic N) is 1. The van der Waals surface area contributed by atoms with Crippen molar-refractivity contribution in [3.8, 4) is 0 Å². The molecule has 0 aromatic rings. The van der Waals surface area contributed by atoms with Crippen molar-refractivity contribution in [1.82, 2.24) is 20.9 Å². The number of carboxylic acids is 1. The summed E-state index contributed by atoms with van der Waals surface area (Å²) in [5.74, 6) is -4.64. The van der Waals surface area contributed by atoms with Gasteiger partial charge in [-0.25, -0.2) is 4.79 Å². The van der Waals surface area contributed by atoms with E-state index in [9.17, 15) is 34.2 Å². The van der Waals surface area contributed by atoms with Crippen molar-refractivity contribution < 1.29 is 44.4 Å². The second-order valence-electron chi connectivity index (χ2n) is 6.58. The van der Waals surface area contributed by atoms with E-state index < -0.39 is 80.1 Å². The summed E-state index contributed by atoms with van der Waals surface area (Å²) in [5.41, 5.74) is 5.29. The van der Waals surface area contributed by atoms with Gasteiger partial charge in [-0.05, 0) is 12.8 Å². The number of carbonyl (C=O) groups is 5. The SMILES string of the molecule is N[C@@H](CO)C(=O)N[C@@H](CO)C(=O)N[C@@H](CO)C(=O)NCC(=O)N1CCC[C@H]1C(=O)O. The minimum Gasteiger partial charge on any atom is -0.480 e. The predicted octanol–water partition coefficient (Wildman–Crippen LogP) is -5.55. The van der Waals surface area contributed by atoms with Crippen LogP contribution in [0.15, 0.2) is 0 Å². The van der Waals surface area contributed by atoms with E-state index >= 15 is 0 Å². The molecule has 0 bridgehead atoms. The number of carboxylic acid groups (broad SMARTS) is 1. The standard InChI is InChI=1S/C16H27N5O9/c17-8(5-22)13(26)19-10(7-24)15(28)20-9(6-23)14(27)18-4-12(25)21-3-1-2-11(21)16(29)30/h8-11,22-24H,1-7,17H2,(H,18,27)(H,19,26)(H,20,28)(H,29,30)/t8-,9-,10-,11-/m0/s1. The van der Waals surface area contributed by atoms with Gasteiger partial charge in [0.25, 0.3) is 0 Å². The molecule has 1 heterocycles. The highest BCUT2D eigenvalue weighted by molar-refractivity contribution is 5.94. The first-order valence-corrected chi connectivity index (χ1v) is 9.15. The summed E-state index contributed by atoms with van der Waals surface area (Å²) in [5, 5.41) is 42.9. The van der Waals surface area contributed by atoms with Gasteiger partial charge in [-0.1, -0.05) is 0 Å². The number of likely N-dealkylation sites (tertiary alicyclic amines) is 1. The van der Waals surface area contributed by atoms with E-state index in [-0.39, 0.29) is 6.54 Å². The quantitative estimate of drug-likeness (QED) is 0.154. The van der Waals surface area contributed by atoms with Crippen LogP contribution in [0.25, 0.3) is 0 Å². The molecule has 1 saturated heterocycles. The van der Waals surface area contributed by atoms with Crippen LogP contribution < -0.4 is 21.7 Å². The average molecular weight is 433 g/mol. The molecule has 1 aliphatic heterocycles. The third-order valence-corrected chi connectivity index (χ3v) is 4.44. The molecule has 0 aromatic heterocycles. The number of amides is 4. The van der Waals surface area contributed by atoms with Crippen molar-refractivity contribution in [2.75, 3.05) is 32.9 Å². The Labute approximate surface area is 171 Å². The molecule has 9 N–H and O–H groups in total. The molecule has 4 amide bonds. The zero-order valence-electron chi connectivity index (χ0n) is 16.1. The lowest BCUT2D eigenvalue weighted by atomic mass is 10.2. The molecule has 0 aliphatic carbocycles. The zero-order valence-corrected chi connectivity index (χ0v) is 16.1. The van der Waals surface area contributed by atoms with Gasteiger partial charge in [-0.2, -0.15) is 0 Å². The predicted molar refractivity (Wildman–Crippen MR) is 98.5 cm³/mol. The lowest BCUT2D eigenvalue weighted by Gasteiger charge is -2.23. The van der Waals surface area contributed by atoms with Crippen molar-refractivity contribution in [3.05, 3.63) is 0 Å². The number of hydrogen-bond donors (Lipinski definition) is 8. The Hall–Kier alpha value is -2.81. The van der Waals surface area contributed by atoms with Crippen molar-refractivity contribution >= 4 is 29.6 Å². The topological polar surface area (TPSA) is 232 Å². The number of nitrogens with one attached hydrogen (secondary N) is 3. The van der Waals surface area contributed by atoms with Crippen LogP contribution in [0.2, 0.25) is 0 Å². The molecule has 0 unspecified atom stereocenters. The van der Waals surface area contributed by atoms with E-state index in [4.69, 9.17) is 15.9 Å². The minimum atomic E-state index is -1.50. The molecule has 1 aliphatic rings. The number of carbonyl (C=O) groups excluding carboxylic acids is 4. The Bertz CT molecular complexity index is 659. The van der Waals surface area contributed by atoms with Gasteiger partial charge in [0.2, 0.25) is 23.6 Å². The first-order valence-electron chi connectivity index (χ1n) is 9.15. The maximum absolute atomic E-state index is 12.2. The van der Waals surface area contributed by atoms with Gasteiger partial charge in [0.1, 0.15) is 24.2 Å². The first kappa shape index (κ1) is 25.2. The van der Waals surface area contributed by atoms with Gasteiger partial charge < -0.3 is 47.0 Å². The third kappa shape index (κ3) is 6.91. The number of nitrogens with two attached hydrogens (primary N) is 1. The van der Waals surface area contributed by atoms with Gasteiger partial charge in [0.05, 0.1) is 26.4 Å². The van der Waals surface area contributed by atoms with Crippen LogP contribution in [0.4, 0.5) is 0 Å². The molecule has 14 heteroatoms. The van der Waals surface area contributed by atoms with Gasteiger partial charge in [-0.3, -0.25) is 19.2 Å². The highest BCUT2D eigenvalue weighted by Gasteiger charge is 2.34. The van der Waals surface area contributed by atoms with Crippen LogP contribution in [-0.2, 0) is 24.0 Å². The number of aliphatic carboxylic acids is 1. The Kier molecular flexibility index (Phi) is 10.1. The second-order valence-corrected chi connectivity index (χ2v) is 6.58. The highest BCUT2D eigenvalue weighted by Crippen LogP contribution is 2.17. The van der Waals surface area contributed by atoms with Gasteiger partial charge >= 0.3 is 5.97 Å². The zero-order chi connectivity index (χ0) is 22.8. The molecule has 1 rings (SSSR count). The fourth-order valence-electron chi connectivity index (χ4n) is 2.73. The van der Waals surface area contributed by atoms with E-state index in [0.29, 0.717) is 12.8 Å². The lowest BCUT2D eigenvalue weighted by molar-refractivity contribution is -0.148. The molecule has 30 heavy (non-hydrogen) atoms. The largest absolute Gasteiger partial charge is 0.480 e. The normalized spacial score (nSPS) is 18.8. The molecule has 0 radical (unpaired) electrons. The first-order chi connectivity index (χ1) is 14.2. The number of aliphatic hydroxyl groups excluding tert-OH is 3.